The Bertz CT molecular complexity index is 853. The highest BCUT2D eigenvalue weighted by molar-refractivity contribution is 5.92. The van der Waals surface area contributed by atoms with E-state index in [1.165, 1.54) is 18.2 Å². The quantitative estimate of drug-likeness (QED) is 0.477. The van der Waals surface area contributed by atoms with Crippen molar-refractivity contribution in [2.75, 3.05) is 0 Å². The lowest BCUT2D eigenvalue weighted by atomic mass is 9.94. The van der Waals surface area contributed by atoms with E-state index < -0.39 is 48.6 Å². The van der Waals surface area contributed by atoms with Gasteiger partial charge in [-0.15, -0.1) is 0 Å². The molecule has 0 aliphatic heterocycles. The van der Waals surface area contributed by atoms with E-state index in [2.05, 4.69) is 4.98 Å². The van der Waals surface area contributed by atoms with E-state index in [4.69, 9.17) is 10.2 Å². The Labute approximate surface area is 140 Å². The molecule has 0 spiro atoms. The van der Waals surface area contributed by atoms with E-state index in [0.29, 0.717) is 5.39 Å². The first kappa shape index (κ1) is 18.0. The molecule has 2 atom stereocenters. The molecule has 2 rings (SSSR count). The lowest BCUT2D eigenvalue weighted by molar-refractivity contribution is -0.145. The number of hydrogen-bond acceptors (Lipinski definition) is 4. The largest absolute Gasteiger partial charge is 0.481 e. The molecule has 0 amide bonds. The van der Waals surface area contributed by atoms with Crippen LogP contribution in [-0.4, -0.2) is 49.3 Å². The number of hydrogen-bond donors (Lipinski definition) is 5. The summed E-state index contributed by atoms with van der Waals surface area (Å²) >= 11 is 0. The van der Waals surface area contributed by atoms with E-state index in [1.807, 2.05) is 0 Å². The first-order chi connectivity index (χ1) is 11.7. The van der Waals surface area contributed by atoms with Crippen LogP contribution in [0.15, 0.2) is 24.3 Å². The van der Waals surface area contributed by atoms with Crippen molar-refractivity contribution in [3.8, 4) is 0 Å². The van der Waals surface area contributed by atoms with Crippen LogP contribution < -0.4 is 0 Å². The van der Waals surface area contributed by atoms with Gasteiger partial charge in [-0.3, -0.25) is 19.2 Å². The number of aromatic nitrogens is 1. The van der Waals surface area contributed by atoms with Gasteiger partial charge in [0.1, 0.15) is 5.92 Å². The van der Waals surface area contributed by atoms with Gasteiger partial charge in [0.25, 0.3) is 0 Å². The summed E-state index contributed by atoms with van der Waals surface area (Å²) in [7, 11) is 0. The maximum absolute atomic E-state index is 11.4. The van der Waals surface area contributed by atoms with Crippen molar-refractivity contribution in [3.63, 3.8) is 0 Å². The standard InChI is InChI=1S/C16H15NO8/c18-12(19)5-9(15(22)23)8-3-1-2-7-4-11(17-14(7)8)10(16(24)25)6-13(20)21/h1-4,9-10,17H,5-6H2,(H,18,19)(H,20,21)(H,22,23)(H,24,25). The molecular weight excluding hydrogens is 334 g/mol. The number of H-pyrrole nitrogens is 1. The summed E-state index contributed by atoms with van der Waals surface area (Å²) in [6.45, 7) is 0. The normalized spacial score (nSPS) is 13.3. The molecule has 1 aromatic heterocycles. The van der Waals surface area contributed by atoms with Crippen molar-refractivity contribution in [2.24, 2.45) is 0 Å². The molecule has 9 nitrogen and oxygen atoms in total. The number of carboxylic acid groups (broad SMARTS) is 4. The molecule has 2 unspecified atom stereocenters. The summed E-state index contributed by atoms with van der Waals surface area (Å²) in [6.07, 6.45) is -1.28. The minimum atomic E-state index is -1.34. The zero-order chi connectivity index (χ0) is 18.7. The Hall–Kier alpha value is -3.36. The van der Waals surface area contributed by atoms with Crippen molar-refractivity contribution >= 4 is 34.8 Å². The van der Waals surface area contributed by atoms with Gasteiger partial charge in [-0.2, -0.15) is 0 Å². The van der Waals surface area contributed by atoms with Gasteiger partial charge in [0.05, 0.1) is 18.8 Å². The van der Waals surface area contributed by atoms with Gasteiger partial charge in [0.2, 0.25) is 0 Å². The minimum absolute atomic E-state index is 0.108. The highest BCUT2D eigenvalue weighted by atomic mass is 16.4. The third kappa shape index (κ3) is 3.94. The van der Waals surface area contributed by atoms with Crippen molar-refractivity contribution in [1.82, 2.24) is 4.98 Å². The van der Waals surface area contributed by atoms with Crippen molar-refractivity contribution < 1.29 is 39.6 Å². The van der Waals surface area contributed by atoms with Crippen LogP contribution in [0.3, 0.4) is 0 Å². The predicted octanol–water partition coefficient (Wildman–Crippen LogP) is 1.45. The molecule has 1 heterocycles. The molecule has 1 aromatic carbocycles. The summed E-state index contributed by atoms with van der Waals surface area (Å²) < 4.78 is 0. The number of carboxylic acids is 4. The predicted molar refractivity (Wildman–Crippen MR) is 83.6 cm³/mol. The second kappa shape index (κ2) is 7.04. The third-order valence-corrected chi connectivity index (χ3v) is 3.81. The Morgan fingerprint density at radius 1 is 0.880 bits per heavy atom. The fourth-order valence-electron chi connectivity index (χ4n) is 2.69. The lowest BCUT2D eigenvalue weighted by Crippen LogP contribution is -2.17. The highest BCUT2D eigenvalue weighted by Gasteiger charge is 2.28. The zero-order valence-electron chi connectivity index (χ0n) is 12.8. The Balaban J connectivity index is 2.56. The average Bonchev–Trinajstić information content (AvgIpc) is 2.93. The highest BCUT2D eigenvalue weighted by Crippen LogP contribution is 2.31. The van der Waals surface area contributed by atoms with E-state index >= 15 is 0 Å². The fourth-order valence-corrected chi connectivity index (χ4v) is 2.69. The average molecular weight is 349 g/mol. The number of carbonyl (C=O) groups is 4. The number of aromatic amines is 1. The number of aliphatic carboxylic acids is 4. The van der Waals surface area contributed by atoms with Crippen molar-refractivity contribution in [2.45, 2.75) is 24.7 Å². The molecule has 0 aliphatic carbocycles. The van der Waals surface area contributed by atoms with Crippen LogP contribution in [0.1, 0.15) is 35.9 Å². The lowest BCUT2D eigenvalue weighted by Gasteiger charge is -2.12. The van der Waals surface area contributed by atoms with Gasteiger partial charge in [-0.1, -0.05) is 18.2 Å². The number of para-hydroxylation sites is 1. The summed E-state index contributed by atoms with van der Waals surface area (Å²) in [5.74, 6) is -7.90. The Morgan fingerprint density at radius 2 is 1.44 bits per heavy atom. The maximum atomic E-state index is 11.4. The van der Waals surface area contributed by atoms with Gasteiger partial charge in [0.15, 0.2) is 0 Å². The van der Waals surface area contributed by atoms with Crippen LogP contribution >= 0.6 is 0 Å². The minimum Gasteiger partial charge on any atom is -0.481 e. The van der Waals surface area contributed by atoms with Crippen LogP contribution in [0, 0.1) is 0 Å². The number of benzene rings is 1. The molecule has 2 aromatic rings. The number of fused-ring (bicyclic) bond motifs is 1. The topological polar surface area (TPSA) is 165 Å². The smallest absolute Gasteiger partial charge is 0.313 e. The van der Waals surface area contributed by atoms with Crippen molar-refractivity contribution in [1.29, 1.82) is 0 Å². The molecule has 132 valence electrons. The molecular formula is C16H15NO8. The molecule has 0 radical (unpaired) electrons. The van der Waals surface area contributed by atoms with Gasteiger partial charge >= 0.3 is 23.9 Å². The summed E-state index contributed by atoms with van der Waals surface area (Å²) in [5.41, 5.74) is 0.581. The van der Waals surface area contributed by atoms with E-state index in [-0.39, 0.29) is 16.8 Å². The van der Waals surface area contributed by atoms with Crippen molar-refractivity contribution in [3.05, 3.63) is 35.5 Å². The van der Waals surface area contributed by atoms with Crippen LogP contribution in [-0.2, 0) is 19.2 Å². The zero-order valence-corrected chi connectivity index (χ0v) is 12.8. The first-order valence-electron chi connectivity index (χ1n) is 7.21. The van der Waals surface area contributed by atoms with Crippen LogP contribution in [0.25, 0.3) is 10.9 Å². The van der Waals surface area contributed by atoms with Crippen LogP contribution in [0.4, 0.5) is 0 Å². The SMILES string of the molecule is O=C(O)CC(C(=O)O)c1cc2cccc(C(CC(=O)O)C(=O)O)c2[nH]1. The second-order valence-electron chi connectivity index (χ2n) is 5.51. The van der Waals surface area contributed by atoms with Gasteiger partial charge in [0, 0.05) is 11.2 Å². The Kier molecular flexibility index (Phi) is 5.06. The second-order valence-corrected chi connectivity index (χ2v) is 5.51. The molecule has 0 aliphatic rings. The van der Waals surface area contributed by atoms with Gasteiger partial charge in [-0.05, 0) is 17.0 Å². The summed E-state index contributed by atoms with van der Waals surface area (Å²) in [4.78, 5) is 47.3. The fraction of sp³-hybridized carbons (Fsp3) is 0.250. The van der Waals surface area contributed by atoms with Gasteiger partial charge in [-0.25, -0.2) is 0 Å². The van der Waals surface area contributed by atoms with Crippen LogP contribution in [0.5, 0.6) is 0 Å². The summed E-state index contributed by atoms with van der Waals surface area (Å²) in [6, 6.07) is 6.00. The first-order valence-corrected chi connectivity index (χ1v) is 7.21. The molecule has 0 bridgehead atoms. The van der Waals surface area contributed by atoms with E-state index in [1.54, 1.807) is 6.07 Å². The van der Waals surface area contributed by atoms with Gasteiger partial charge < -0.3 is 25.4 Å². The number of rotatable bonds is 8. The molecule has 9 heteroatoms. The molecule has 25 heavy (non-hydrogen) atoms. The van der Waals surface area contributed by atoms with E-state index in [9.17, 15) is 29.4 Å². The third-order valence-electron chi connectivity index (χ3n) is 3.81. The molecule has 0 saturated carbocycles. The Morgan fingerprint density at radius 3 is 1.96 bits per heavy atom. The molecule has 0 fully saturated rings. The van der Waals surface area contributed by atoms with E-state index in [0.717, 1.165) is 0 Å². The van der Waals surface area contributed by atoms with Crippen LogP contribution in [0.2, 0.25) is 0 Å². The monoisotopic (exact) mass is 349 g/mol. The molecule has 0 saturated heterocycles. The maximum Gasteiger partial charge on any atom is 0.313 e. The summed E-state index contributed by atoms with van der Waals surface area (Å²) in [5, 5.41) is 36.8. The molecule has 5 N–H and O–H groups in total. The number of nitrogens with one attached hydrogen (secondary N) is 1.